The Bertz CT molecular complexity index is 672. The maximum Gasteiger partial charge on any atom is 0.363 e. The summed E-state index contributed by atoms with van der Waals surface area (Å²) in [6.45, 7) is 0. The summed E-state index contributed by atoms with van der Waals surface area (Å²) in [5, 5.41) is 1.92. The molecule has 0 aliphatic carbocycles. The lowest BCUT2D eigenvalue weighted by molar-refractivity contribution is -0.129. The van der Waals surface area contributed by atoms with Crippen molar-refractivity contribution in [2.75, 3.05) is 0 Å². The number of aliphatic imine (C=N–C) groups is 1. The van der Waals surface area contributed by atoms with Gasteiger partial charge in [0, 0.05) is 4.47 Å². The quantitative estimate of drug-likeness (QED) is 0.618. The summed E-state index contributed by atoms with van der Waals surface area (Å²) >= 11 is 4.86. The molecule has 1 aromatic carbocycles. The van der Waals surface area contributed by atoms with Crippen LogP contribution in [0.2, 0.25) is 0 Å². The fourth-order valence-electron chi connectivity index (χ4n) is 1.63. The van der Waals surface area contributed by atoms with Crippen LogP contribution in [0.4, 0.5) is 0 Å². The molecule has 2 aromatic rings. The van der Waals surface area contributed by atoms with Gasteiger partial charge >= 0.3 is 5.97 Å². The molecule has 0 atom stereocenters. The third-order valence-corrected chi connectivity index (χ3v) is 3.91. The molecule has 1 aromatic heterocycles. The summed E-state index contributed by atoms with van der Waals surface area (Å²) in [6.07, 6.45) is 1.72. The van der Waals surface area contributed by atoms with E-state index in [-0.39, 0.29) is 0 Å². The first-order chi connectivity index (χ1) is 9.22. The summed E-state index contributed by atoms with van der Waals surface area (Å²) in [7, 11) is 0. The van der Waals surface area contributed by atoms with E-state index in [1.807, 2.05) is 41.8 Å². The zero-order valence-electron chi connectivity index (χ0n) is 9.67. The Labute approximate surface area is 122 Å². The third kappa shape index (κ3) is 2.67. The minimum Gasteiger partial charge on any atom is -0.401 e. The number of carbonyl (C=O) groups is 1. The molecular formula is C14H8BrNO2S. The molecule has 0 amide bonds. The molecule has 2 heterocycles. The molecule has 1 aliphatic rings. The minimum atomic E-state index is -0.411. The lowest BCUT2D eigenvalue weighted by Gasteiger charge is -1.94. The number of nitrogens with zero attached hydrogens (tertiary/aromatic N) is 1. The Kier molecular flexibility index (Phi) is 3.31. The van der Waals surface area contributed by atoms with E-state index in [2.05, 4.69) is 20.9 Å². The standard InChI is InChI=1S/C14H8BrNO2S/c15-10-5-3-9(4-6-10)8-11-14(17)18-13(16-11)12-2-1-7-19-12/h1-8H/b11-8+. The fraction of sp³-hybridized carbons (Fsp3) is 0. The van der Waals surface area contributed by atoms with Gasteiger partial charge in [0.25, 0.3) is 0 Å². The van der Waals surface area contributed by atoms with E-state index in [0.717, 1.165) is 14.9 Å². The average Bonchev–Trinajstić information content (AvgIpc) is 3.03. The van der Waals surface area contributed by atoms with Gasteiger partial charge in [-0.2, -0.15) is 0 Å². The zero-order valence-corrected chi connectivity index (χ0v) is 12.1. The molecule has 3 nitrogen and oxygen atoms in total. The van der Waals surface area contributed by atoms with E-state index >= 15 is 0 Å². The second kappa shape index (κ2) is 5.11. The summed E-state index contributed by atoms with van der Waals surface area (Å²) in [5.74, 6) is -0.0327. The van der Waals surface area contributed by atoms with Gasteiger partial charge in [0.05, 0.1) is 4.88 Å². The van der Waals surface area contributed by atoms with E-state index < -0.39 is 5.97 Å². The lowest BCUT2D eigenvalue weighted by Crippen LogP contribution is -2.03. The summed E-state index contributed by atoms with van der Waals surface area (Å²) in [6, 6.07) is 11.4. The zero-order chi connectivity index (χ0) is 13.2. The fourth-order valence-corrected chi connectivity index (χ4v) is 2.55. The number of esters is 1. The number of carbonyl (C=O) groups excluding carboxylic acids is 1. The number of thiophene rings is 1. The molecular weight excluding hydrogens is 326 g/mol. The monoisotopic (exact) mass is 333 g/mol. The maximum absolute atomic E-state index is 11.7. The van der Waals surface area contributed by atoms with Gasteiger partial charge in [-0.05, 0) is 35.2 Å². The molecule has 0 saturated heterocycles. The molecule has 0 bridgehead atoms. The average molecular weight is 334 g/mol. The molecule has 0 radical (unpaired) electrons. The van der Waals surface area contributed by atoms with Crippen LogP contribution in [-0.4, -0.2) is 11.9 Å². The van der Waals surface area contributed by atoms with Crippen molar-refractivity contribution in [1.82, 2.24) is 0 Å². The second-order valence-electron chi connectivity index (χ2n) is 3.86. The Balaban J connectivity index is 1.92. The Morgan fingerprint density at radius 1 is 1.21 bits per heavy atom. The van der Waals surface area contributed by atoms with Crippen LogP contribution < -0.4 is 0 Å². The minimum absolute atomic E-state index is 0.325. The normalized spacial score (nSPS) is 16.6. The van der Waals surface area contributed by atoms with Crippen molar-refractivity contribution in [3.8, 4) is 0 Å². The van der Waals surface area contributed by atoms with Gasteiger partial charge in [-0.25, -0.2) is 9.79 Å². The molecule has 0 saturated carbocycles. The third-order valence-electron chi connectivity index (χ3n) is 2.53. The topological polar surface area (TPSA) is 38.7 Å². The van der Waals surface area contributed by atoms with Crippen molar-refractivity contribution in [2.24, 2.45) is 4.99 Å². The number of hydrogen-bond acceptors (Lipinski definition) is 4. The summed E-state index contributed by atoms with van der Waals surface area (Å²) in [4.78, 5) is 16.8. The van der Waals surface area contributed by atoms with Crippen molar-refractivity contribution in [1.29, 1.82) is 0 Å². The van der Waals surface area contributed by atoms with E-state index in [0.29, 0.717) is 11.6 Å². The first kappa shape index (κ1) is 12.3. The largest absolute Gasteiger partial charge is 0.401 e. The van der Waals surface area contributed by atoms with E-state index in [1.54, 1.807) is 6.08 Å². The van der Waals surface area contributed by atoms with Crippen LogP contribution in [0.25, 0.3) is 6.08 Å². The van der Waals surface area contributed by atoms with Gasteiger partial charge in [-0.15, -0.1) is 11.3 Å². The van der Waals surface area contributed by atoms with Crippen LogP contribution in [0, 0.1) is 0 Å². The molecule has 5 heteroatoms. The molecule has 0 N–H and O–H groups in total. The highest BCUT2D eigenvalue weighted by Gasteiger charge is 2.24. The molecule has 19 heavy (non-hydrogen) atoms. The predicted octanol–water partition coefficient (Wildman–Crippen LogP) is 3.86. The Hall–Kier alpha value is -1.72. The van der Waals surface area contributed by atoms with Gasteiger partial charge in [0.15, 0.2) is 5.70 Å². The highest BCUT2D eigenvalue weighted by molar-refractivity contribution is 9.10. The number of ether oxygens (including phenoxy) is 1. The predicted molar refractivity (Wildman–Crippen MR) is 79.1 cm³/mol. The van der Waals surface area contributed by atoms with Crippen molar-refractivity contribution < 1.29 is 9.53 Å². The van der Waals surface area contributed by atoms with E-state index in [4.69, 9.17) is 4.74 Å². The van der Waals surface area contributed by atoms with Crippen molar-refractivity contribution >= 4 is 45.2 Å². The van der Waals surface area contributed by atoms with Gasteiger partial charge < -0.3 is 4.74 Å². The molecule has 1 aliphatic heterocycles. The molecule has 3 rings (SSSR count). The van der Waals surface area contributed by atoms with Crippen molar-refractivity contribution in [3.05, 3.63) is 62.4 Å². The van der Waals surface area contributed by atoms with E-state index in [1.165, 1.54) is 11.3 Å². The number of halogens is 1. The van der Waals surface area contributed by atoms with Gasteiger partial charge in [-0.3, -0.25) is 0 Å². The van der Waals surface area contributed by atoms with Crippen LogP contribution in [0.1, 0.15) is 10.4 Å². The number of hydrogen-bond donors (Lipinski definition) is 0. The first-order valence-electron chi connectivity index (χ1n) is 5.54. The highest BCUT2D eigenvalue weighted by Crippen LogP contribution is 2.22. The number of rotatable bonds is 2. The molecule has 0 fully saturated rings. The number of benzene rings is 1. The molecule has 94 valence electrons. The van der Waals surface area contributed by atoms with Crippen LogP contribution >= 0.6 is 27.3 Å². The van der Waals surface area contributed by atoms with Gasteiger partial charge in [0.1, 0.15) is 0 Å². The number of cyclic esters (lactones) is 1. The Morgan fingerprint density at radius 3 is 2.68 bits per heavy atom. The van der Waals surface area contributed by atoms with Crippen LogP contribution in [0.15, 0.2) is 56.9 Å². The highest BCUT2D eigenvalue weighted by atomic mass is 79.9. The smallest absolute Gasteiger partial charge is 0.363 e. The summed E-state index contributed by atoms with van der Waals surface area (Å²) in [5.41, 5.74) is 1.23. The summed E-state index contributed by atoms with van der Waals surface area (Å²) < 4.78 is 6.15. The first-order valence-corrected chi connectivity index (χ1v) is 7.22. The van der Waals surface area contributed by atoms with E-state index in [9.17, 15) is 4.79 Å². The SMILES string of the molecule is O=C1OC(c2cccs2)=N/C1=C/c1ccc(Br)cc1. The lowest BCUT2D eigenvalue weighted by atomic mass is 10.2. The van der Waals surface area contributed by atoms with Gasteiger partial charge in [-0.1, -0.05) is 34.1 Å². The van der Waals surface area contributed by atoms with Crippen LogP contribution in [0.3, 0.4) is 0 Å². The van der Waals surface area contributed by atoms with Crippen LogP contribution in [0.5, 0.6) is 0 Å². The maximum atomic E-state index is 11.7. The Morgan fingerprint density at radius 2 is 2.00 bits per heavy atom. The molecule has 0 unspecified atom stereocenters. The van der Waals surface area contributed by atoms with Crippen molar-refractivity contribution in [2.45, 2.75) is 0 Å². The second-order valence-corrected chi connectivity index (χ2v) is 5.73. The molecule has 0 spiro atoms. The van der Waals surface area contributed by atoms with Crippen molar-refractivity contribution in [3.63, 3.8) is 0 Å². The van der Waals surface area contributed by atoms with Crippen LogP contribution in [-0.2, 0) is 9.53 Å². The van der Waals surface area contributed by atoms with Gasteiger partial charge in [0.2, 0.25) is 5.90 Å².